The third-order valence-corrected chi connectivity index (χ3v) is 3.24. The van der Waals surface area contributed by atoms with Gasteiger partial charge in [0.25, 0.3) is 0 Å². The average Bonchev–Trinajstić information content (AvgIpc) is 2.36. The van der Waals surface area contributed by atoms with E-state index in [0.29, 0.717) is 0 Å². The predicted molar refractivity (Wildman–Crippen MR) is 74.3 cm³/mol. The van der Waals surface area contributed by atoms with Crippen molar-refractivity contribution in [3.05, 3.63) is 35.9 Å². The Morgan fingerprint density at radius 1 is 1.24 bits per heavy atom. The lowest BCUT2D eigenvalue weighted by atomic mass is 10.0. The Bertz CT molecular complexity index is 339. The molecule has 0 heterocycles. The topological polar surface area (TPSA) is 20.3 Å². The van der Waals surface area contributed by atoms with Crippen LogP contribution < -0.4 is 0 Å². The molecule has 0 N–H and O–H groups in total. The van der Waals surface area contributed by atoms with Crippen molar-refractivity contribution in [2.75, 3.05) is 7.05 Å². The highest BCUT2D eigenvalue weighted by Crippen LogP contribution is 2.20. The minimum absolute atomic E-state index is 0. The number of halogens is 1. The minimum Gasteiger partial charge on any atom is -0.339 e. The largest absolute Gasteiger partial charge is 0.339 e. The van der Waals surface area contributed by atoms with E-state index < -0.39 is 0 Å². The Kier molecular flexibility index (Phi) is 6.89. The van der Waals surface area contributed by atoms with Crippen molar-refractivity contribution in [3.8, 4) is 0 Å². The van der Waals surface area contributed by atoms with Crippen molar-refractivity contribution in [2.45, 2.75) is 33.2 Å². The smallest absolute Gasteiger partial charge is 0.225 e. The normalized spacial score (nSPS) is 13.4. The lowest BCUT2D eigenvalue weighted by Gasteiger charge is -2.27. The fraction of sp³-hybridized carbons (Fsp3) is 0.500. The van der Waals surface area contributed by atoms with Crippen molar-refractivity contribution in [1.82, 2.24) is 4.90 Å². The molecule has 0 aliphatic carbocycles. The number of carbonyl (C=O) groups is 1. The van der Waals surface area contributed by atoms with Crippen LogP contribution in [0.1, 0.15) is 38.8 Å². The molecule has 0 spiro atoms. The summed E-state index contributed by atoms with van der Waals surface area (Å²) in [5, 5.41) is 0. The van der Waals surface area contributed by atoms with Gasteiger partial charge in [-0.3, -0.25) is 4.79 Å². The number of carbonyl (C=O) groups excluding carboxylic acids is 1. The third kappa shape index (κ3) is 4.04. The molecule has 2 atom stereocenters. The van der Waals surface area contributed by atoms with Crippen LogP contribution in [0.3, 0.4) is 0 Å². The van der Waals surface area contributed by atoms with E-state index in [4.69, 9.17) is 0 Å². The summed E-state index contributed by atoms with van der Waals surface area (Å²) in [6.07, 6.45) is 0.894. The van der Waals surface area contributed by atoms with Gasteiger partial charge in [0.15, 0.2) is 0 Å². The first kappa shape index (κ1) is 16.0. The van der Waals surface area contributed by atoms with Crippen LogP contribution in [0, 0.1) is 5.92 Å². The quantitative estimate of drug-likeness (QED) is 0.804. The van der Waals surface area contributed by atoms with Gasteiger partial charge in [-0.15, -0.1) is 12.4 Å². The summed E-state index contributed by atoms with van der Waals surface area (Å²) in [6.45, 7) is 6.09. The van der Waals surface area contributed by atoms with Crippen LogP contribution in [0.15, 0.2) is 30.3 Å². The van der Waals surface area contributed by atoms with Crippen molar-refractivity contribution in [2.24, 2.45) is 5.92 Å². The molecule has 0 bridgehead atoms. The van der Waals surface area contributed by atoms with Crippen LogP contribution in [0.4, 0.5) is 0 Å². The average molecular weight is 256 g/mol. The molecule has 96 valence electrons. The number of nitrogens with zero attached hydrogens (tertiary/aromatic N) is 1. The maximum absolute atomic E-state index is 12.0. The molecule has 3 heteroatoms. The van der Waals surface area contributed by atoms with E-state index in [1.807, 2.05) is 44.0 Å². The van der Waals surface area contributed by atoms with Crippen molar-refractivity contribution >= 4 is 18.3 Å². The first-order valence-corrected chi connectivity index (χ1v) is 5.89. The summed E-state index contributed by atoms with van der Waals surface area (Å²) in [7, 11) is 1.88. The zero-order valence-corrected chi connectivity index (χ0v) is 11.8. The van der Waals surface area contributed by atoms with Crippen LogP contribution in [-0.4, -0.2) is 17.9 Å². The highest BCUT2D eigenvalue weighted by Gasteiger charge is 2.20. The van der Waals surface area contributed by atoms with Gasteiger partial charge in [0.2, 0.25) is 5.91 Å². The van der Waals surface area contributed by atoms with Gasteiger partial charge < -0.3 is 4.90 Å². The number of rotatable bonds is 4. The number of hydrogen-bond acceptors (Lipinski definition) is 1. The van der Waals surface area contributed by atoms with Gasteiger partial charge >= 0.3 is 0 Å². The molecule has 0 radical (unpaired) electrons. The van der Waals surface area contributed by atoms with Gasteiger partial charge in [-0.25, -0.2) is 0 Å². The van der Waals surface area contributed by atoms with Crippen molar-refractivity contribution < 1.29 is 4.79 Å². The molecule has 17 heavy (non-hydrogen) atoms. The maximum atomic E-state index is 12.0. The first-order valence-electron chi connectivity index (χ1n) is 5.89. The van der Waals surface area contributed by atoms with Gasteiger partial charge in [-0.1, -0.05) is 44.2 Å². The van der Waals surface area contributed by atoms with Gasteiger partial charge in [-0.05, 0) is 18.9 Å². The lowest BCUT2D eigenvalue weighted by molar-refractivity contribution is -0.135. The van der Waals surface area contributed by atoms with Crippen LogP contribution in [0.25, 0.3) is 0 Å². The Morgan fingerprint density at radius 3 is 2.24 bits per heavy atom. The first-order chi connectivity index (χ1) is 7.57. The van der Waals surface area contributed by atoms with Crippen molar-refractivity contribution in [1.29, 1.82) is 0 Å². The molecule has 0 saturated heterocycles. The van der Waals surface area contributed by atoms with E-state index in [-0.39, 0.29) is 30.3 Å². The van der Waals surface area contributed by atoms with Crippen LogP contribution in [-0.2, 0) is 4.79 Å². The lowest BCUT2D eigenvalue weighted by Crippen LogP contribution is -2.33. The van der Waals surface area contributed by atoms with E-state index in [1.165, 1.54) is 5.56 Å². The molecule has 0 saturated carbocycles. The standard InChI is InChI=1S/C14H21NO.ClH/c1-5-11(2)14(16)15(4)12(3)13-9-7-6-8-10-13;/h6-12H,5H2,1-4H3;1H/t11?,12-;/m1./s1. The summed E-state index contributed by atoms with van der Waals surface area (Å²) in [6, 6.07) is 10.3. The number of benzene rings is 1. The molecule has 2 nitrogen and oxygen atoms in total. The second-order valence-electron chi connectivity index (χ2n) is 4.35. The monoisotopic (exact) mass is 255 g/mol. The predicted octanol–water partition coefficient (Wildman–Crippen LogP) is 3.67. The van der Waals surface area contributed by atoms with Gasteiger partial charge in [0.05, 0.1) is 6.04 Å². The van der Waals surface area contributed by atoms with Crippen LogP contribution in [0.5, 0.6) is 0 Å². The van der Waals surface area contributed by atoms with Crippen molar-refractivity contribution in [3.63, 3.8) is 0 Å². The summed E-state index contributed by atoms with van der Waals surface area (Å²) < 4.78 is 0. The molecular weight excluding hydrogens is 234 g/mol. The summed E-state index contributed by atoms with van der Waals surface area (Å²) in [5.41, 5.74) is 1.18. The molecule has 0 aromatic heterocycles. The van der Waals surface area contributed by atoms with Gasteiger partial charge in [0.1, 0.15) is 0 Å². The van der Waals surface area contributed by atoms with E-state index >= 15 is 0 Å². The zero-order chi connectivity index (χ0) is 12.1. The summed E-state index contributed by atoms with van der Waals surface area (Å²) in [4.78, 5) is 13.9. The number of amides is 1. The molecule has 0 fully saturated rings. The van der Waals surface area contributed by atoms with E-state index in [0.717, 1.165) is 6.42 Å². The van der Waals surface area contributed by atoms with Crippen LogP contribution in [0.2, 0.25) is 0 Å². The summed E-state index contributed by atoms with van der Waals surface area (Å²) >= 11 is 0. The van der Waals surface area contributed by atoms with E-state index in [2.05, 4.69) is 19.1 Å². The van der Waals surface area contributed by atoms with Gasteiger partial charge in [-0.2, -0.15) is 0 Å². The molecule has 1 aromatic carbocycles. The second kappa shape index (κ2) is 7.33. The Morgan fingerprint density at radius 2 is 1.76 bits per heavy atom. The number of hydrogen-bond donors (Lipinski definition) is 0. The van der Waals surface area contributed by atoms with Gasteiger partial charge in [0, 0.05) is 13.0 Å². The molecule has 1 amide bonds. The highest BCUT2D eigenvalue weighted by atomic mass is 35.5. The van der Waals surface area contributed by atoms with E-state index in [1.54, 1.807) is 0 Å². The third-order valence-electron chi connectivity index (χ3n) is 3.24. The van der Waals surface area contributed by atoms with E-state index in [9.17, 15) is 4.79 Å². The summed E-state index contributed by atoms with van der Waals surface area (Å²) in [5.74, 6) is 0.329. The molecule has 1 aromatic rings. The zero-order valence-electron chi connectivity index (χ0n) is 11.0. The molecule has 0 aliphatic heterocycles. The molecule has 1 rings (SSSR count). The highest BCUT2D eigenvalue weighted by molar-refractivity contribution is 5.85. The fourth-order valence-corrected chi connectivity index (χ4v) is 1.67. The minimum atomic E-state index is 0. The maximum Gasteiger partial charge on any atom is 0.225 e. The SMILES string of the molecule is CCC(C)C(=O)N(C)[C@H](C)c1ccccc1.Cl. The molecule has 0 aliphatic rings. The molecular formula is C14H22ClNO. The second-order valence-corrected chi connectivity index (χ2v) is 4.35. The Balaban J connectivity index is 0.00000256. The van der Waals surface area contributed by atoms with Crippen LogP contribution >= 0.6 is 12.4 Å². The Labute approximate surface area is 110 Å². The molecule has 1 unspecified atom stereocenters. The Hall–Kier alpha value is -1.02. The fourth-order valence-electron chi connectivity index (χ4n) is 1.67.